The maximum atomic E-state index is 13.4. The molecule has 0 N–H and O–H groups in total. The molecule has 172 valence electrons. The van der Waals surface area contributed by atoms with E-state index in [1.807, 2.05) is 6.07 Å². The molecule has 1 aromatic heterocycles. The van der Waals surface area contributed by atoms with Gasteiger partial charge in [-0.1, -0.05) is 12.1 Å². The van der Waals surface area contributed by atoms with Crippen molar-refractivity contribution in [3.8, 4) is 0 Å². The molecule has 1 aromatic carbocycles. The SMILES string of the molecule is Cc1ccc(CN(Cc2ccc(F)cc2)C(=O)CN(CCN2CCCC2)C(=O)C2CC2)s1. The average molecular weight is 458 g/mol. The van der Waals surface area contributed by atoms with Crippen LogP contribution in [0.4, 0.5) is 4.39 Å². The minimum atomic E-state index is -0.288. The molecule has 0 radical (unpaired) electrons. The van der Waals surface area contributed by atoms with Crippen LogP contribution in [0, 0.1) is 18.7 Å². The van der Waals surface area contributed by atoms with Gasteiger partial charge in [0.15, 0.2) is 0 Å². The first-order valence-corrected chi connectivity index (χ1v) is 12.4. The molecule has 2 aromatic rings. The Balaban J connectivity index is 1.46. The number of hydrogen-bond acceptors (Lipinski definition) is 4. The first kappa shape index (κ1) is 22.9. The lowest BCUT2D eigenvalue weighted by Crippen LogP contribution is -2.45. The Morgan fingerprint density at radius 3 is 2.38 bits per heavy atom. The minimum Gasteiger partial charge on any atom is -0.332 e. The quantitative estimate of drug-likeness (QED) is 0.541. The molecule has 2 fully saturated rings. The fourth-order valence-electron chi connectivity index (χ4n) is 4.19. The van der Waals surface area contributed by atoms with Crippen molar-refractivity contribution in [2.24, 2.45) is 5.92 Å². The van der Waals surface area contributed by atoms with Crippen LogP contribution >= 0.6 is 11.3 Å². The van der Waals surface area contributed by atoms with Gasteiger partial charge in [-0.25, -0.2) is 4.39 Å². The van der Waals surface area contributed by atoms with Crippen LogP contribution in [0.3, 0.4) is 0 Å². The minimum absolute atomic E-state index is 0.0594. The van der Waals surface area contributed by atoms with E-state index in [2.05, 4.69) is 17.9 Å². The lowest BCUT2D eigenvalue weighted by Gasteiger charge is -2.29. The van der Waals surface area contributed by atoms with Gasteiger partial charge >= 0.3 is 0 Å². The predicted molar refractivity (Wildman–Crippen MR) is 125 cm³/mol. The van der Waals surface area contributed by atoms with E-state index in [1.54, 1.807) is 33.3 Å². The number of aryl methyl sites for hydroxylation is 1. The maximum Gasteiger partial charge on any atom is 0.242 e. The molecule has 2 amide bonds. The molecular formula is C25H32FN3O2S. The molecule has 1 aliphatic heterocycles. The number of rotatable bonds is 10. The lowest BCUT2D eigenvalue weighted by molar-refractivity contribution is -0.142. The Morgan fingerprint density at radius 2 is 1.75 bits per heavy atom. The molecule has 5 nitrogen and oxygen atoms in total. The molecule has 1 aliphatic carbocycles. The van der Waals surface area contributed by atoms with Gasteiger partial charge in [-0.2, -0.15) is 0 Å². The monoisotopic (exact) mass is 457 g/mol. The van der Waals surface area contributed by atoms with Crippen LogP contribution in [0.1, 0.15) is 41.0 Å². The lowest BCUT2D eigenvalue weighted by atomic mass is 10.2. The summed E-state index contributed by atoms with van der Waals surface area (Å²) in [5, 5.41) is 0. The summed E-state index contributed by atoms with van der Waals surface area (Å²) in [5.41, 5.74) is 0.880. The van der Waals surface area contributed by atoms with Crippen LogP contribution in [-0.4, -0.2) is 59.2 Å². The zero-order chi connectivity index (χ0) is 22.5. The van der Waals surface area contributed by atoms with Gasteiger partial charge in [0, 0.05) is 35.3 Å². The topological polar surface area (TPSA) is 43.9 Å². The molecule has 0 bridgehead atoms. The van der Waals surface area contributed by atoms with Gasteiger partial charge in [-0.3, -0.25) is 9.59 Å². The van der Waals surface area contributed by atoms with Gasteiger partial charge in [-0.15, -0.1) is 11.3 Å². The van der Waals surface area contributed by atoms with Gasteiger partial charge in [0.2, 0.25) is 11.8 Å². The van der Waals surface area contributed by atoms with E-state index >= 15 is 0 Å². The normalized spacial score (nSPS) is 16.3. The average Bonchev–Trinajstić information content (AvgIpc) is 3.35. The van der Waals surface area contributed by atoms with Crippen molar-refractivity contribution in [3.63, 3.8) is 0 Å². The second kappa shape index (κ2) is 10.6. The predicted octanol–water partition coefficient (Wildman–Crippen LogP) is 4.06. The van der Waals surface area contributed by atoms with E-state index in [9.17, 15) is 14.0 Å². The smallest absolute Gasteiger partial charge is 0.242 e. The summed E-state index contributed by atoms with van der Waals surface area (Å²) in [6.07, 6.45) is 4.28. The highest BCUT2D eigenvalue weighted by Crippen LogP contribution is 2.31. The number of hydrogen-bond donors (Lipinski definition) is 0. The van der Waals surface area contributed by atoms with E-state index in [4.69, 9.17) is 0 Å². The number of nitrogens with zero attached hydrogens (tertiary/aromatic N) is 3. The molecule has 4 rings (SSSR count). The van der Waals surface area contributed by atoms with E-state index in [-0.39, 0.29) is 30.1 Å². The summed E-state index contributed by atoms with van der Waals surface area (Å²) in [6, 6.07) is 10.4. The fourth-order valence-corrected chi connectivity index (χ4v) is 5.09. The van der Waals surface area contributed by atoms with Crippen molar-refractivity contribution in [2.75, 3.05) is 32.7 Å². The highest BCUT2D eigenvalue weighted by molar-refractivity contribution is 7.11. The van der Waals surface area contributed by atoms with Gasteiger partial charge in [0.1, 0.15) is 5.82 Å². The molecule has 32 heavy (non-hydrogen) atoms. The highest BCUT2D eigenvalue weighted by atomic mass is 32.1. The first-order valence-electron chi connectivity index (χ1n) is 11.6. The van der Waals surface area contributed by atoms with Crippen molar-refractivity contribution in [3.05, 3.63) is 57.5 Å². The van der Waals surface area contributed by atoms with Crippen LogP contribution in [0.25, 0.3) is 0 Å². The van der Waals surface area contributed by atoms with E-state index in [0.29, 0.717) is 19.6 Å². The van der Waals surface area contributed by atoms with Gasteiger partial charge in [0.05, 0.1) is 13.1 Å². The Kier molecular flexibility index (Phi) is 7.58. The van der Waals surface area contributed by atoms with Crippen LogP contribution < -0.4 is 0 Å². The number of benzene rings is 1. The number of amides is 2. The molecule has 2 aliphatic rings. The second-order valence-electron chi connectivity index (χ2n) is 8.97. The maximum absolute atomic E-state index is 13.4. The highest BCUT2D eigenvalue weighted by Gasteiger charge is 2.35. The number of carbonyl (C=O) groups excluding carboxylic acids is 2. The van der Waals surface area contributed by atoms with Crippen molar-refractivity contribution < 1.29 is 14.0 Å². The first-order chi connectivity index (χ1) is 15.5. The van der Waals surface area contributed by atoms with Crippen LogP contribution in [-0.2, 0) is 22.7 Å². The summed E-state index contributed by atoms with van der Waals surface area (Å²) in [7, 11) is 0. The summed E-state index contributed by atoms with van der Waals surface area (Å²) >= 11 is 1.67. The van der Waals surface area contributed by atoms with Gasteiger partial charge in [0.25, 0.3) is 0 Å². The van der Waals surface area contributed by atoms with Crippen LogP contribution in [0.15, 0.2) is 36.4 Å². The number of thiophene rings is 1. The molecule has 2 heterocycles. The third-order valence-electron chi connectivity index (χ3n) is 6.23. The van der Waals surface area contributed by atoms with Crippen molar-refractivity contribution >= 4 is 23.2 Å². The summed E-state index contributed by atoms with van der Waals surface area (Å²) in [6.45, 7) is 6.63. The Morgan fingerprint density at radius 1 is 1.03 bits per heavy atom. The fraction of sp³-hybridized carbons (Fsp3) is 0.520. The van der Waals surface area contributed by atoms with Crippen molar-refractivity contribution in [2.45, 2.75) is 45.7 Å². The summed E-state index contributed by atoms with van der Waals surface area (Å²) in [4.78, 5) is 34.6. The molecule has 0 unspecified atom stereocenters. The molecule has 7 heteroatoms. The van der Waals surface area contributed by atoms with E-state index < -0.39 is 0 Å². The van der Waals surface area contributed by atoms with E-state index in [0.717, 1.165) is 42.9 Å². The second-order valence-corrected chi connectivity index (χ2v) is 10.3. The van der Waals surface area contributed by atoms with Crippen molar-refractivity contribution in [1.82, 2.24) is 14.7 Å². The van der Waals surface area contributed by atoms with E-state index in [1.165, 1.54) is 29.9 Å². The zero-order valence-corrected chi connectivity index (χ0v) is 19.6. The summed E-state index contributed by atoms with van der Waals surface area (Å²) < 4.78 is 13.4. The molecule has 0 spiro atoms. The Hall–Kier alpha value is -2.25. The summed E-state index contributed by atoms with van der Waals surface area (Å²) in [5.74, 6) is -0.141. The molecule has 0 atom stereocenters. The third-order valence-corrected chi connectivity index (χ3v) is 7.22. The zero-order valence-electron chi connectivity index (χ0n) is 18.8. The molecule has 1 saturated heterocycles. The number of halogens is 1. The van der Waals surface area contributed by atoms with Crippen LogP contribution in [0.5, 0.6) is 0 Å². The number of carbonyl (C=O) groups is 2. The Labute approximate surface area is 193 Å². The molecular weight excluding hydrogens is 425 g/mol. The van der Waals surface area contributed by atoms with Gasteiger partial charge < -0.3 is 14.7 Å². The third kappa shape index (κ3) is 6.39. The Bertz CT molecular complexity index is 920. The largest absolute Gasteiger partial charge is 0.332 e. The molecule has 1 saturated carbocycles. The number of likely N-dealkylation sites (tertiary alicyclic amines) is 1. The van der Waals surface area contributed by atoms with Crippen LogP contribution in [0.2, 0.25) is 0 Å². The van der Waals surface area contributed by atoms with Crippen molar-refractivity contribution in [1.29, 1.82) is 0 Å². The standard InChI is InChI=1S/C25H32FN3O2S/c1-19-4-11-23(32-19)17-29(16-20-5-9-22(26)10-6-20)24(30)18-28(25(31)21-7-8-21)15-14-27-12-2-3-13-27/h4-6,9-11,21H,2-3,7-8,12-18H2,1H3. The van der Waals surface area contributed by atoms with Gasteiger partial charge in [-0.05, 0) is 75.5 Å².